The van der Waals surface area contributed by atoms with E-state index in [1.807, 2.05) is 20.8 Å². The molecule has 0 aromatic rings. The standard InChI is InChI=1S/C13H24N2O5S/c1-13(2,3)15(7-6-11(16)17)12(18)14-10-5-4-8-21(19,20)9-10/h10H,4-9H2,1-3H3,(H,14,18)(H,16,17). The van der Waals surface area contributed by atoms with Crippen LogP contribution in [0.3, 0.4) is 0 Å². The van der Waals surface area contributed by atoms with Gasteiger partial charge in [-0.25, -0.2) is 13.2 Å². The highest BCUT2D eigenvalue weighted by Crippen LogP contribution is 2.16. The number of sulfone groups is 1. The van der Waals surface area contributed by atoms with Gasteiger partial charge < -0.3 is 15.3 Å². The Morgan fingerprint density at radius 2 is 1.95 bits per heavy atom. The Morgan fingerprint density at radius 1 is 1.33 bits per heavy atom. The van der Waals surface area contributed by atoms with E-state index in [4.69, 9.17) is 5.11 Å². The van der Waals surface area contributed by atoms with Crippen molar-refractivity contribution >= 4 is 21.8 Å². The maximum atomic E-state index is 12.3. The first-order valence-corrected chi connectivity index (χ1v) is 8.84. The van der Waals surface area contributed by atoms with Crippen molar-refractivity contribution < 1.29 is 23.1 Å². The molecule has 1 rings (SSSR count). The third-order valence-corrected chi connectivity index (χ3v) is 5.22. The molecule has 1 aliphatic rings. The molecule has 2 amide bonds. The molecule has 2 N–H and O–H groups in total. The zero-order valence-electron chi connectivity index (χ0n) is 12.8. The number of aliphatic carboxylic acids is 1. The number of hydrogen-bond acceptors (Lipinski definition) is 4. The highest BCUT2D eigenvalue weighted by Gasteiger charge is 2.31. The van der Waals surface area contributed by atoms with Gasteiger partial charge in [-0.1, -0.05) is 0 Å². The Hall–Kier alpha value is -1.31. The number of rotatable bonds is 4. The second-order valence-electron chi connectivity index (χ2n) is 6.37. The van der Waals surface area contributed by atoms with Crippen LogP contribution in [0, 0.1) is 0 Å². The molecular formula is C13H24N2O5S. The van der Waals surface area contributed by atoms with E-state index in [0.29, 0.717) is 12.8 Å². The van der Waals surface area contributed by atoms with Crippen molar-refractivity contribution in [3.8, 4) is 0 Å². The Labute approximate surface area is 125 Å². The Kier molecular flexibility index (Phi) is 5.61. The van der Waals surface area contributed by atoms with Gasteiger partial charge in [0.05, 0.1) is 17.9 Å². The quantitative estimate of drug-likeness (QED) is 0.799. The van der Waals surface area contributed by atoms with Gasteiger partial charge in [0.1, 0.15) is 0 Å². The van der Waals surface area contributed by atoms with Crippen LogP contribution in [0.15, 0.2) is 0 Å². The number of carbonyl (C=O) groups excluding carboxylic acids is 1. The van der Waals surface area contributed by atoms with Crippen molar-refractivity contribution in [1.29, 1.82) is 0 Å². The maximum Gasteiger partial charge on any atom is 0.318 e. The van der Waals surface area contributed by atoms with Gasteiger partial charge in [-0.15, -0.1) is 0 Å². The molecule has 21 heavy (non-hydrogen) atoms. The predicted molar refractivity (Wildman–Crippen MR) is 78.9 cm³/mol. The molecule has 1 fully saturated rings. The second kappa shape index (κ2) is 6.64. The normalized spacial score (nSPS) is 21.6. The summed E-state index contributed by atoms with van der Waals surface area (Å²) in [7, 11) is -3.09. The van der Waals surface area contributed by atoms with Crippen molar-refractivity contribution in [2.75, 3.05) is 18.1 Å². The Morgan fingerprint density at radius 3 is 2.43 bits per heavy atom. The molecule has 0 saturated carbocycles. The SMILES string of the molecule is CC(C)(C)N(CCC(=O)O)C(=O)NC1CCCS(=O)(=O)C1. The summed E-state index contributed by atoms with van der Waals surface area (Å²) >= 11 is 0. The summed E-state index contributed by atoms with van der Waals surface area (Å²) in [4.78, 5) is 24.4. The highest BCUT2D eigenvalue weighted by atomic mass is 32.2. The fourth-order valence-electron chi connectivity index (χ4n) is 2.34. The second-order valence-corrected chi connectivity index (χ2v) is 8.60. The number of nitrogens with zero attached hydrogens (tertiary/aromatic N) is 1. The van der Waals surface area contributed by atoms with Crippen LogP contribution in [0.4, 0.5) is 4.79 Å². The summed E-state index contributed by atoms with van der Waals surface area (Å²) < 4.78 is 23.2. The van der Waals surface area contributed by atoms with Gasteiger partial charge in [0.25, 0.3) is 0 Å². The summed E-state index contributed by atoms with van der Waals surface area (Å²) in [5, 5.41) is 11.5. The van der Waals surface area contributed by atoms with E-state index in [1.165, 1.54) is 4.90 Å². The van der Waals surface area contributed by atoms with E-state index in [-0.39, 0.29) is 24.5 Å². The van der Waals surface area contributed by atoms with Crippen LogP contribution in [0.5, 0.6) is 0 Å². The van der Waals surface area contributed by atoms with Gasteiger partial charge in [0.15, 0.2) is 9.84 Å². The summed E-state index contributed by atoms with van der Waals surface area (Å²) in [6.07, 6.45) is 1.02. The third-order valence-electron chi connectivity index (χ3n) is 3.39. The largest absolute Gasteiger partial charge is 0.481 e. The van der Waals surface area contributed by atoms with Gasteiger partial charge in [-0.2, -0.15) is 0 Å². The number of carboxylic acids is 1. The van der Waals surface area contributed by atoms with Gasteiger partial charge in [0.2, 0.25) is 0 Å². The molecular weight excluding hydrogens is 296 g/mol. The molecule has 1 unspecified atom stereocenters. The van der Waals surface area contributed by atoms with Crippen molar-refractivity contribution in [3.05, 3.63) is 0 Å². The summed E-state index contributed by atoms with van der Waals surface area (Å²) in [6.45, 7) is 5.52. The molecule has 0 aromatic heterocycles. The monoisotopic (exact) mass is 320 g/mol. The fraction of sp³-hybridized carbons (Fsp3) is 0.846. The van der Waals surface area contributed by atoms with Crippen molar-refractivity contribution in [2.24, 2.45) is 0 Å². The molecule has 1 saturated heterocycles. The van der Waals surface area contributed by atoms with E-state index in [9.17, 15) is 18.0 Å². The topological polar surface area (TPSA) is 104 Å². The first-order chi connectivity index (χ1) is 9.51. The van der Waals surface area contributed by atoms with Crippen LogP contribution in [-0.2, 0) is 14.6 Å². The lowest BCUT2D eigenvalue weighted by atomic mass is 10.1. The molecule has 0 spiro atoms. The minimum atomic E-state index is -3.09. The van der Waals surface area contributed by atoms with Crippen molar-refractivity contribution in [1.82, 2.24) is 10.2 Å². The Bertz CT molecular complexity index is 495. The third kappa shape index (κ3) is 5.91. The summed E-state index contributed by atoms with van der Waals surface area (Å²) in [5.74, 6) is -0.853. The molecule has 1 aliphatic heterocycles. The molecule has 1 heterocycles. The molecule has 0 radical (unpaired) electrons. The average molecular weight is 320 g/mol. The number of carboxylic acid groups (broad SMARTS) is 1. The van der Waals surface area contributed by atoms with E-state index < -0.39 is 33.4 Å². The van der Waals surface area contributed by atoms with Crippen molar-refractivity contribution in [2.45, 2.75) is 51.6 Å². The molecule has 7 nitrogen and oxygen atoms in total. The van der Waals surface area contributed by atoms with Gasteiger partial charge in [-0.05, 0) is 33.6 Å². The van der Waals surface area contributed by atoms with Crippen LogP contribution >= 0.6 is 0 Å². The molecule has 0 aliphatic carbocycles. The van der Waals surface area contributed by atoms with E-state index in [2.05, 4.69) is 5.32 Å². The summed E-state index contributed by atoms with van der Waals surface area (Å²) in [6, 6.07) is -0.809. The Balaban J connectivity index is 2.70. The van der Waals surface area contributed by atoms with E-state index >= 15 is 0 Å². The smallest absolute Gasteiger partial charge is 0.318 e. The molecule has 0 bridgehead atoms. The molecule has 0 aromatic carbocycles. The van der Waals surface area contributed by atoms with Crippen molar-refractivity contribution in [3.63, 3.8) is 0 Å². The first-order valence-electron chi connectivity index (χ1n) is 7.01. The lowest BCUT2D eigenvalue weighted by Gasteiger charge is -2.37. The first kappa shape index (κ1) is 17.7. The number of urea groups is 1. The lowest BCUT2D eigenvalue weighted by molar-refractivity contribution is -0.137. The number of hydrogen-bond donors (Lipinski definition) is 2. The lowest BCUT2D eigenvalue weighted by Crippen LogP contribution is -2.55. The van der Waals surface area contributed by atoms with Crippen LogP contribution in [0.25, 0.3) is 0 Å². The number of nitrogens with one attached hydrogen (secondary N) is 1. The van der Waals surface area contributed by atoms with Crippen LogP contribution in [0.2, 0.25) is 0 Å². The van der Waals surface area contributed by atoms with E-state index in [0.717, 1.165) is 0 Å². The highest BCUT2D eigenvalue weighted by molar-refractivity contribution is 7.91. The van der Waals surface area contributed by atoms with Crippen LogP contribution < -0.4 is 5.32 Å². The van der Waals surface area contributed by atoms with Gasteiger partial charge in [0, 0.05) is 18.1 Å². The minimum Gasteiger partial charge on any atom is -0.481 e. The molecule has 8 heteroatoms. The molecule has 122 valence electrons. The van der Waals surface area contributed by atoms with E-state index in [1.54, 1.807) is 0 Å². The maximum absolute atomic E-state index is 12.3. The zero-order valence-corrected chi connectivity index (χ0v) is 13.6. The number of amides is 2. The van der Waals surface area contributed by atoms with Gasteiger partial charge >= 0.3 is 12.0 Å². The fourth-order valence-corrected chi connectivity index (χ4v) is 3.97. The minimum absolute atomic E-state index is 0.0460. The van der Waals surface area contributed by atoms with Gasteiger partial charge in [-0.3, -0.25) is 4.79 Å². The average Bonchev–Trinajstić information content (AvgIpc) is 2.24. The molecule has 1 atom stereocenters. The number of carbonyl (C=O) groups is 2. The van der Waals surface area contributed by atoms with Crippen LogP contribution in [-0.4, -0.2) is 60.1 Å². The zero-order chi connectivity index (χ0) is 16.3. The van der Waals surface area contributed by atoms with Crippen LogP contribution in [0.1, 0.15) is 40.0 Å². The summed E-state index contributed by atoms with van der Waals surface area (Å²) in [5.41, 5.74) is -0.535. The predicted octanol–water partition coefficient (Wildman–Crippen LogP) is 0.848.